The Morgan fingerprint density at radius 1 is 1.00 bits per heavy atom. The van der Waals surface area contributed by atoms with Gasteiger partial charge in [-0.2, -0.15) is 0 Å². The summed E-state index contributed by atoms with van der Waals surface area (Å²) in [5, 5.41) is 13.4. The van der Waals surface area contributed by atoms with Crippen LogP contribution in [0.5, 0.6) is 0 Å². The molecule has 0 fully saturated rings. The summed E-state index contributed by atoms with van der Waals surface area (Å²) in [4.78, 5) is 38.2. The minimum absolute atomic E-state index is 0.0855. The lowest BCUT2D eigenvalue weighted by atomic mass is 9.82. The molecule has 8 heteroatoms. The van der Waals surface area contributed by atoms with Crippen LogP contribution in [0.15, 0.2) is 36.4 Å². The Bertz CT molecular complexity index is 750. The van der Waals surface area contributed by atoms with Gasteiger partial charge in [0.05, 0.1) is 18.4 Å². The maximum absolute atomic E-state index is 13.3. The summed E-state index contributed by atoms with van der Waals surface area (Å²) >= 11 is 0. The first-order valence-corrected chi connectivity index (χ1v) is 11.1. The van der Waals surface area contributed by atoms with E-state index in [-0.39, 0.29) is 30.7 Å². The average Bonchev–Trinajstić information content (AvgIpc) is 2.74. The van der Waals surface area contributed by atoms with Crippen molar-refractivity contribution in [2.24, 2.45) is 23.7 Å². The number of amides is 3. The third-order valence-electron chi connectivity index (χ3n) is 4.92. The molecule has 0 bridgehead atoms. The Hall–Kier alpha value is -2.71. The highest BCUT2D eigenvalue weighted by molar-refractivity contribution is 5.89. The van der Waals surface area contributed by atoms with Crippen LogP contribution in [-0.2, 0) is 14.4 Å². The van der Waals surface area contributed by atoms with Gasteiger partial charge in [-0.3, -0.25) is 30.0 Å². The first-order valence-electron chi connectivity index (χ1n) is 11.1. The zero-order chi connectivity index (χ0) is 24.1. The molecule has 1 rings (SSSR count). The van der Waals surface area contributed by atoms with E-state index in [0.29, 0.717) is 13.0 Å². The highest BCUT2D eigenvalue weighted by Gasteiger charge is 2.34. The molecule has 0 heterocycles. The van der Waals surface area contributed by atoms with Crippen LogP contribution in [-0.4, -0.2) is 48.1 Å². The maximum atomic E-state index is 13.3. The second-order valence-electron chi connectivity index (χ2n) is 8.77. The van der Waals surface area contributed by atoms with Crippen LogP contribution in [0.1, 0.15) is 46.1 Å². The molecule has 0 spiro atoms. The maximum Gasteiger partial charge on any atom is 0.254 e. The third-order valence-corrected chi connectivity index (χ3v) is 4.92. The van der Waals surface area contributed by atoms with Crippen molar-refractivity contribution in [1.82, 2.24) is 21.2 Å². The first kappa shape index (κ1) is 27.3. The van der Waals surface area contributed by atoms with Gasteiger partial charge in [0.15, 0.2) is 0 Å². The Balaban J connectivity index is 3.10. The van der Waals surface area contributed by atoms with Gasteiger partial charge < -0.3 is 5.32 Å². The minimum atomic E-state index is -0.789. The van der Waals surface area contributed by atoms with Crippen molar-refractivity contribution in [1.29, 1.82) is 0 Å². The van der Waals surface area contributed by atoms with Crippen LogP contribution in [0, 0.1) is 23.7 Å². The molecule has 0 saturated heterocycles. The van der Waals surface area contributed by atoms with Gasteiger partial charge in [0.2, 0.25) is 11.8 Å². The normalized spacial score (nSPS) is 13.2. The van der Waals surface area contributed by atoms with Crippen molar-refractivity contribution in [3.8, 4) is 0 Å². The van der Waals surface area contributed by atoms with Crippen molar-refractivity contribution in [2.45, 2.75) is 40.5 Å². The molecule has 0 aliphatic rings. The topological polar surface area (TPSA) is 111 Å². The number of carbonyl (C=O) groups is 3. The van der Waals surface area contributed by atoms with Crippen LogP contribution >= 0.6 is 0 Å². The van der Waals surface area contributed by atoms with Crippen molar-refractivity contribution >= 4 is 23.8 Å². The zero-order valence-electron chi connectivity index (χ0n) is 19.8. The molecule has 3 amide bonds. The molecular formula is C24H38N4O4. The van der Waals surface area contributed by atoms with Crippen LogP contribution in [0.25, 0.3) is 6.08 Å². The average molecular weight is 447 g/mol. The van der Waals surface area contributed by atoms with Gasteiger partial charge in [-0.05, 0) is 37.3 Å². The number of likely N-dealkylation sites (N-methyl/N-ethyl adjacent to an activating group) is 1. The molecule has 0 unspecified atom stereocenters. The van der Waals surface area contributed by atoms with Gasteiger partial charge in [0.25, 0.3) is 5.91 Å². The Kier molecular flexibility index (Phi) is 12.3. The minimum Gasteiger partial charge on any atom is -0.311 e. The molecule has 1 aromatic rings. The van der Waals surface area contributed by atoms with E-state index in [1.165, 1.54) is 5.01 Å². The lowest BCUT2D eigenvalue weighted by Crippen LogP contribution is -2.53. The van der Waals surface area contributed by atoms with Crippen LogP contribution < -0.4 is 16.2 Å². The van der Waals surface area contributed by atoms with Gasteiger partial charge in [-0.25, -0.2) is 5.48 Å². The quantitative estimate of drug-likeness (QED) is 0.291. The third kappa shape index (κ3) is 9.62. The number of hydrazine groups is 1. The standard InChI is InChI=1S/C24H38N4O4/c1-17(2)14-21(23(30)26-28(16-18(3)4)22(29)15-25-5)20(24(31)27-32)13-9-12-19-10-7-6-8-11-19/h6-12,17-18,20-21,25,32H,13-16H2,1-5H3,(H,26,30)(H,27,31)/b12-9+/t20-,21+/m0/s1. The number of hydrogen-bond acceptors (Lipinski definition) is 5. The number of nitrogens with zero attached hydrogens (tertiary/aromatic N) is 1. The molecule has 0 aromatic heterocycles. The molecule has 178 valence electrons. The molecule has 32 heavy (non-hydrogen) atoms. The fourth-order valence-electron chi connectivity index (χ4n) is 3.45. The predicted molar refractivity (Wildman–Crippen MR) is 125 cm³/mol. The van der Waals surface area contributed by atoms with Gasteiger partial charge in [0, 0.05) is 6.54 Å². The van der Waals surface area contributed by atoms with Gasteiger partial charge in [-0.15, -0.1) is 0 Å². The van der Waals surface area contributed by atoms with E-state index in [4.69, 9.17) is 0 Å². The SMILES string of the molecule is CNCC(=O)N(CC(C)C)NC(=O)[C@H](CC(C)C)[C@H](C/C=C/c1ccccc1)C(=O)NO. The second-order valence-corrected chi connectivity index (χ2v) is 8.77. The number of hydroxylamine groups is 1. The smallest absolute Gasteiger partial charge is 0.254 e. The molecule has 0 saturated carbocycles. The molecule has 1 aromatic carbocycles. The fraction of sp³-hybridized carbons (Fsp3) is 0.542. The van der Waals surface area contributed by atoms with E-state index in [0.717, 1.165) is 5.56 Å². The van der Waals surface area contributed by atoms with Crippen molar-refractivity contribution in [3.05, 3.63) is 42.0 Å². The highest BCUT2D eigenvalue weighted by atomic mass is 16.5. The molecular weight excluding hydrogens is 408 g/mol. The van der Waals surface area contributed by atoms with Gasteiger partial charge >= 0.3 is 0 Å². The van der Waals surface area contributed by atoms with E-state index >= 15 is 0 Å². The molecule has 4 N–H and O–H groups in total. The van der Waals surface area contributed by atoms with E-state index in [1.807, 2.05) is 70.2 Å². The molecule has 0 aliphatic carbocycles. The van der Waals surface area contributed by atoms with E-state index < -0.39 is 23.7 Å². The lowest BCUT2D eigenvalue weighted by molar-refractivity contribution is -0.147. The Labute approximate surface area is 191 Å². The summed E-state index contributed by atoms with van der Waals surface area (Å²) in [6.45, 7) is 8.27. The van der Waals surface area contributed by atoms with Gasteiger partial charge in [-0.1, -0.05) is 70.2 Å². The Morgan fingerprint density at radius 3 is 2.19 bits per heavy atom. The van der Waals surface area contributed by atoms with Crippen LogP contribution in [0.2, 0.25) is 0 Å². The number of carbonyl (C=O) groups excluding carboxylic acids is 3. The summed E-state index contributed by atoms with van der Waals surface area (Å²) in [5.41, 5.74) is 5.41. The monoisotopic (exact) mass is 446 g/mol. The number of allylic oxidation sites excluding steroid dienone is 1. The highest BCUT2D eigenvalue weighted by Crippen LogP contribution is 2.25. The van der Waals surface area contributed by atoms with Crippen molar-refractivity contribution < 1.29 is 19.6 Å². The zero-order valence-corrected chi connectivity index (χ0v) is 19.8. The first-order chi connectivity index (χ1) is 15.2. The molecule has 2 atom stereocenters. The molecule has 8 nitrogen and oxygen atoms in total. The lowest BCUT2D eigenvalue weighted by Gasteiger charge is -2.30. The molecule has 0 radical (unpaired) electrons. The van der Waals surface area contributed by atoms with Crippen LogP contribution in [0.4, 0.5) is 0 Å². The van der Waals surface area contributed by atoms with Crippen molar-refractivity contribution in [2.75, 3.05) is 20.1 Å². The second kappa shape index (κ2) is 14.4. The van der Waals surface area contributed by atoms with Crippen molar-refractivity contribution in [3.63, 3.8) is 0 Å². The summed E-state index contributed by atoms with van der Waals surface area (Å²) in [5.74, 6) is -2.53. The summed E-state index contributed by atoms with van der Waals surface area (Å²) < 4.78 is 0. The molecule has 0 aliphatic heterocycles. The van der Waals surface area contributed by atoms with E-state index in [2.05, 4.69) is 10.7 Å². The summed E-state index contributed by atoms with van der Waals surface area (Å²) in [6.07, 6.45) is 4.40. The summed E-state index contributed by atoms with van der Waals surface area (Å²) in [7, 11) is 1.66. The van der Waals surface area contributed by atoms with E-state index in [1.54, 1.807) is 12.5 Å². The van der Waals surface area contributed by atoms with Crippen LogP contribution in [0.3, 0.4) is 0 Å². The number of hydrogen-bond donors (Lipinski definition) is 4. The number of rotatable bonds is 12. The Morgan fingerprint density at radius 2 is 1.66 bits per heavy atom. The predicted octanol–water partition coefficient (Wildman–Crippen LogP) is 2.61. The largest absolute Gasteiger partial charge is 0.311 e. The van der Waals surface area contributed by atoms with E-state index in [9.17, 15) is 19.6 Å². The summed E-state index contributed by atoms with van der Waals surface area (Å²) in [6, 6.07) is 9.62. The fourth-order valence-corrected chi connectivity index (χ4v) is 3.45. The number of nitrogens with one attached hydrogen (secondary N) is 3. The number of benzene rings is 1. The van der Waals surface area contributed by atoms with Gasteiger partial charge in [0.1, 0.15) is 0 Å².